The summed E-state index contributed by atoms with van der Waals surface area (Å²) in [6, 6.07) is 0. The van der Waals surface area contributed by atoms with Crippen molar-refractivity contribution in [2.45, 2.75) is 44.7 Å². The van der Waals surface area contributed by atoms with Crippen molar-refractivity contribution in [2.24, 2.45) is 5.92 Å². The Hall–Kier alpha value is -0.730. The van der Waals surface area contributed by atoms with Gasteiger partial charge in [0, 0.05) is 6.54 Å². The average molecular weight is 265 g/mol. The van der Waals surface area contributed by atoms with E-state index in [9.17, 15) is 20.1 Å². The molecule has 0 saturated carbocycles. The third-order valence-corrected chi connectivity index (χ3v) is 2.54. The zero-order valence-corrected chi connectivity index (χ0v) is 10.7. The van der Waals surface area contributed by atoms with Crippen LogP contribution in [0, 0.1) is 5.92 Å². The Balaban J connectivity index is 4.19. The highest BCUT2D eigenvalue weighted by Gasteiger charge is 2.33. The van der Waals surface area contributed by atoms with Gasteiger partial charge in [-0.15, -0.1) is 0 Å². The Labute approximate surface area is 106 Å². The molecular weight excluding hydrogens is 242 g/mol. The van der Waals surface area contributed by atoms with Crippen molar-refractivity contribution < 1.29 is 30.3 Å². The summed E-state index contributed by atoms with van der Waals surface area (Å²) < 4.78 is 0. The monoisotopic (exact) mass is 265 g/mol. The number of aliphatic hydroxyl groups excluding tert-OH is 5. The van der Waals surface area contributed by atoms with E-state index in [2.05, 4.69) is 5.32 Å². The van der Waals surface area contributed by atoms with Crippen LogP contribution in [0.25, 0.3) is 0 Å². The largest absolute Gasteiger partial charge is 0.394 e. The number of nitrogens with one attached hydrogen (secondary N) is 1. The molecule has 0 heterocycles. The van der Waals surface area contributed by atoms with E-state index in [0.29, 0.717) is 12.5 Å². The van der Waals surface area contributed by atoms with Crippen LogP contribution in [0.1, 0.15) is 20.3 Å². The molecule has 0 aromatic heterocycles. The van der Waals surface area contributed by atoms with Crippen LogP contribution in [-0.4, -0.2) is 69.0 Å². The SMILES string of the molecule is CC(C)CCNC(=O)C(O)C(O)C(O)C(O)CO. The van der Waals surface area contributed by atoms with Crippen LogP contribution in [0.5, 0.6) is 0 Å². The first-order valence-corrected chi connectivity index (χ1v) is 5.92. The van der Waals surface area contributed by atoms with E-state index in [-0.39, 0.29) is 0 Å². The first-order valence-electron chi connectivity index (χ1n) is 5.92. The molecule has 0 aromatic carbocycles. The van der Waals surface area contributed by atoms with E-state index in [1.54, 1.807) is 0 Å². The number of rotatable bonds is 8. The van der Waals surface area contributed by atoms with Crippen LogP contribution in [0.2, 0.25) is 0 Å². The predicted octanol–water partition coefficient (Wildman–Crippen LogP) is -2.42. The number of carbonyl (C=O) groups excluding carboxylic acids is 1. The zero-order valence-electron chi connectivity index (χ0n) is 10.7. The summed E-state index contributed by atoms with van der Waals surface area (Å²) in [7, 11) is 0. The molecule has 6 N–H and O–H groups in total. The highest BCUT2D eigenvalue weighted by atomic mass is 16.4. The van der Waals surface area contributed by atoms with E-state index in [4.69, 9.17) is 10.2 Å². The van der Waals surface area contributed by atoms with Gasteiger partial charge in [0.25, 0.3) is 5.91 Å². The topological polar surface area (TPSA) is 130 Å². The van der Waals surface area contributed by atoms with Crippen molar-refractivity contribution in [3.8, 4) is 0 Å². The van der Waals surface area contributed by atoms with Crippen molar-refractivity contribution in [1.29, 1.82) is 0 Å². The summed E-state index contributed by atoms with van der Waals surface area (Å²) in [6.45, 7) is 3.51. The number of hydrogen-bond donors (Lipinski definition) is 6. The lowest BCUT2D eigenvalue weighted by Crippen LogP contribution is -2.51. The fraction of sp³-hybridized carbons (Fsp3) is 0.909. The standard InChI is InChI=1S/C11H23NO6/c1-6(2)3-4-12-11(18)10(17)9(16)8(15)7(14)5-13/h6-10,13-17H,3-5H2,1-2H3,(H,12,18). The Morgan fingerprint density at radius 3 is 2.11 bits per heavy atom. The third-order valence-electron chi connectivity index (χ3n) is 2.54. The van der Waals surface area contributed by atoms with E-state index >= 15 is 0 Å². The number of carbonyl (C=O) groups is 1. The second-order valence-corrected chi connectivity index (χ2v) is 4.65. The van der Waals surface area contributed by atoms with Gasteiger partial charge in [0.2, 0.25) is 0 Å². The van der Waals surface area contributed by atoms with Crippen LogP contribution in [0.15, 0.2) is 0 Å². The molecule has 0 bridgehead atoms. The third kappa shape index (κ3) is 5.74. The van der Waals surface area contributed by atoms with Crippen molar-refractivity contribution in [1.82, 2.24) is 5.32 Å². The molecule has 1 amide bonds. The fourth-order valence-electron chi connectivity index (χ4n) is 1.27. The Bertz CT molecular complexity index is 248. The molecule has 4 atom stereocenters. The van der Waals surface area contributed by atoms with E-state index in [1.807, 2.05) is 13.8 Å². The molecule has 4 unspecified atom stereocenters. The minimum Gasteiger partial charge on any atom is -0.394 e. The predicted molar refractivity (Wildman–Crippen MR) is 63.6 cm³/mol. The Kier molecular flexibility index (Phi) is 8.05. The molecule has 0 aliphatic rings. The Morgan fingerprint density at radius 1 is 1.11 bits per heavy atom. The van der Waals surface area contributed by atoms with Crippen LogP contribution in [0.3, 0.4) is 0 Å². The minimum atomic E-state index is -1.86. The summed E-state index contributed by atoms with van der Waals surface area (Å²) in [6.07, 6.45) is -6.39. The molecule has 0 fully saturated rings. The van der Waals surface area contributed by atoms with Gasteiger partial charge in [-0.3, -0.25) is 4.79 Å². The van der Waals surface area contributed by atoms with Gasteiger partial charge in [0.1, 0.15) is 18.3 Å². The van der Waals surface area contributed by atoms with Crippen molar-refractivity contribution in [3.05, 3.63) is 0 Å². The van der Waals surface area contributed by atoms with Gasteiger partial charge in [0.05, 0.1) is 6.61 Å². The Morgan fingerprint density at radius 2 is 1.67 bits per heavy atom. The molecule has 0 aliphatic heterocycles. The van der Waals surface area contributed by atoms with Crippen LogP contribution >= 0.6 is 0 Å². The lowest BCUT2D eigenvalue weighted by molar-refractivity contribution is -0.148. The van der Waals surface area contributed by atoms with Crippen molar-refractivity contribution >= 4 is 5.91 Å². The number of hydrogen-bond acceptors (Lipinski definition) is 6. The van der Waals surface area contributed by atoms with Gasteiger partial charge in [-0.25, -0.2) is 0 Å². The molecule has 108 valence electrons. The first kappa shape index (κ1) is 17.3. The van der Waals surface area contributed by atoms with Crippen LogP contribution in [0.4, 0.5) is 0 Å². The van der Waals surface area contributed by atoms with Crippen molar-refractivity contribution in [3.63, 3.8) is 0 Å². The number of aliphatic hydroxyl groups is 5. The molecular formula is C11H23NO6. The first-order chi connectivity index (χ1) is 8.31. The summed E-state index contributed by atoms with van der Waals surface area (Å²) in [5, 5.41) is 48.3. The molecule has 7 heteroatoms. The normalized spacial score (nSPS) is 18.2. The van der Waals surface area contributed by atoms with Gasteiger partial charge in [-0.1, -0.05) is 13.8 Å². The molecule has 0 aliphatic carbocycles. The second-order valence-electron chi connectivity index (χ2n) is 4.65. The summed E-state index contributed by atoms with van der Waals surface area (Å²) in [4.78, 5) is 11.4. The second kappa shape index (κ2) is 8.39. The van der Waals surface area contributed by atoms with E-state index in [1.165, 1.54) is 0 Å². The maximum atomic E-state index is 11.4. The molecule has 0 aromatic rings. The number of amides is 1. The minimum absolute atomic E-state index is 0.346. The van der Waals surface area contributed by atoms with E-state index in [0.717, 1.165) is 6.42 Å². The van der Waals surface area contributed by atoms with Gasteiger partial charge >= 0.3 is 0 Å². The summed E-state index contributed by atoms with van der Waals surface area (Å²) in [5.74, 6) is -0.443. The molecule has 0 radical (unpaired) electrons. The quantitative estimate of drug-likeness (QED) is 0.290. The summed E-state index contributed by atoms with van der Waals surface area (Å²) >= 11 is 0. The van der Waals surface area contributed by atoms with Gasteiger partial charge in [0.15, 0.2) is 6.10 Å². The lowest BCUT2D eigenvalue weighted by Gasteiger charge is -2.25. The van der Waals surface area contributed by atoms with Crippen LogP contribution in [-0.2, 0) is 4.79 Å². The highest BCUT2D eigenvalue weighted by Crippen LogP contribution is 2.05. The van der Waals surface area contributed by atoms with Gasteiger partial charge in [-0.05, 0) is 12.3 Å². The average Bonchev–Trinajstić information content (AvgIpc) is 2.34. The fourth-order valence-corrected chi connectivity index (χ4v) is 1.27. The maximum absolute atomic E-state index is 11.4. The molecule has 7 nitrogen and oxygen atoms in total. The van der Waals surface area contributed by atoms with E-state index < -0.39 is 36.9 Å². The molecule has 0 saturated heterocycles. The van der Waals surface area contributed by atoms with Gasteiger partial charge < -0.3 is 30.8 Å². The lowest BCUT2D eigenvalue weighted by atomic mass is 10.0. The molecule has 0 rings (SSSR count). The highest BCUT2D eigenvalue weighted by molar-refractivity contribution is 5.81. The zero-order chi connectivity index (χ0) is 14.3. The maximum Gasteiger partial charge on any atom is 0.251 e. The van der Waals surface area contributed by atoms with Crippen LogP contribution < -0.4 is 5.32 Å². The van der Waals surface area contributed by atoms with Gasteiger partial charge in [-0.2, -0.15) is 0 Å². The molecule has 18 heavy (non-hydrogen) atoms. The smallest absolute Gasteiger partial charge is 0.251 e. The van der Waals surface area contributed by atoms with Crippen molar-refractivity contribution in [2.75, 3.05) is 13.2 Å². The summed E-state index contributed by atoms with van der Waals surface area (Å²) in [5.41, 5.74) is 0. The molecule has 0 spiro atoms.